The van der Waals surface area contributed by atoms with Crippen LogP contribution in [0.15, 0.2) is 36.5 Å². The number of hydrogen-bond donors (Lipinski definition) is 2. The van der Waals surface area contributed by atoms with Gasteiger partial charge in [0.15, 0.2) is 11.5 Å². The normalized spacial score (nSPS) is 10.1. The molecule has 0 saturated heterocycles. The minimum Gasteiger partial charge on any atom is -0.504 e. The van der Waals surface area contributed by atoms with Gasteiger partial charge in [-0.25, -0.2) is 0 Å². The highest BCUT2D eigenvalue weighted by Crippen LogP contribution is 2.35. The van der Waals surface area contributed by atoms with Crippen molar-refractivity contribution in [1.29, 1.82) is 0 Å². The van der Waals surface area contributed by atoms with Crippen LogP contribution in [-0.4, -0.2) is 17.2 Å². The largest absolute Gasteiger partial charge is 0.504 e. The number of H-pyrrole nitrogens is 1. The molecule has 0 bridgehead atoms. The number of para-hydroxylation sites is 1. The maximum absolute atomic E-state index is 9.82. The summed E-state index contributed by atoms with van der Waals surface area (Å²) in [5.41, 5.74) is 1.62. The molecule has 0 saturated carbocycles. The van der Waals surface area contributed by atoms with Crippen LogP contribution in [0, 0.1) is 0 Å². The second-order valence-corrected chi connectivity index (χ2v) is 2.94. The lowest BCUT2D eigenvalue weighted by molar-refractivity contribution is 0.374. The number of ether oxygens (including phenoxy) is 1. The van der Waals surface area contributed by atoms with Crippen LogP contribution in [0.25, 0.3) is 11.3 Å². The number of aromatic amines is 1. The Morgan fingerprint density at radius 2 is 2.07 bits per heavy atom. The van der Waals surface area contributed by atoms with Crippen molar-refractivity contribution in [2.75, 3.05) is 7.11 Å². The minimum atomic E-state index is 0.164. The molecule has 0 spiro atoms. The SMILES string of the molecule is COc1cccc(-c2ccc[nH]2)c1O. The van der Waals surface area contributed by atoms with Crippen LogP contribution in [0.1, 0.15) is 0 Å². The molecule has 1 aromatic carbocycles. The Labute approximate surface area is 82.0 Å². The zero-order valence-electron chi connectivity index (χ0n) is 7.82. The van der Waals surface area contributed by atoms with Crippen molar-refractivity contribution >= 4 is 0 Å². The number of aromatic nitrogens is 1. The molecule has 3 nitrogen and oxygen atoms in total. The number of phenolic OH excluding ortho intramolecular Hbond substituents is 1. The second-order valence-electron chi connectivity index (χ2n) is 2.94. The van der Waals surface area contributed by atoms with Crippen LogP contribution in [0.4, 0.5) is 0 Å². The Kier molecular flexibility index (Phi) is 2.14. The lowest BCUT2D eigenvalue weighted by Crippen LogP contribution is -1.85. The van der Waals surface area contributed by atoms with Gasteiger partial charge in [-0.05, 0) is 24.3 Å². The molecule has 0 aliphatic rings. The molecule has 1 aromatic heterocycles. The molecule has 0 atom stereocenters. The third-order valence-corrected chi connectivity index (χ3v) is 2.11. The van der Waals surface area contributed by atoms with Gasteiger partial charge in [0.25, 0.3) is 0 Å². The molecule has 14 heavy (non-hydrogen) atoms. The van der Waals surface area contributed by atoms with Crippen molar-refractivity contribution < 1.29 is 9.84 Å². The quantitative estimate of drug-likeness (QED) is 0.761. The summed E-state index contributed by atoms with van der Waals surface area (Å²) in [5.74, 6) is 0.648. The first-order chi connectivity index (χ1) is 6.83. The van der Waals surface area contributed by atoms with Gasteiger partial charge < -0.3 is 14.8 Å². The van der Waals surface area contributed by atoms with E-state index in [9.17, 15) is 5.11 Å². The van der Waals surface area contributed by atoms with Gasteiger partial charge in [0.05, 0.1) is 7.11 Å². The van der Waals surface area contributed by atoms with Crippen molar-refractivity contribution in [3.63, 3.8) is 0 Å². The Balaban J connectivity index is 2.54. The molecule has 0 unspecified atom stereocenters. The first kappa shape index (κ1) is 8.69. The Morgan fingerprint density at radius 1 is 1.21 bits per heavy atom. The molecule has 1 heterocycles. The van der Waals surface area contributed by atoms with Gasteiger partial charge in [0, 0.05) is 17.5 Å². The summed E-state index contributed by atoms with van der Waals surface area (Å²) < 4.78 is 5.02. The van der Waals surface area contributed by atoms with E-state index in [4.69, 9.17) is 4.74 Å². The van der Waals surface area contributed by atoms with E-state index in [2.05, 4.69) is 4.98 Å². The van der Waals surface area contributed by atoms with Gasteiger partial charge in [-0.1, -0.05) is 6.07 Å². The summed E-state index contributed by atoms with van der Waals surface area (Å²) in [4.78, 5) is 3.03. The van der Waals surface area contributed by atoms with E-state index < -0.39 is 0 Å². The summed E-state index contributed by atoms with van der Waals surface area (Å²) in [7, 11) is 1.54. The number of phenols is 1. The number of rotatable bonds is 2. The Hall–Kier alpha value is -1.90. The van der Waals surface area contributed by atoms with E-state index >= 15 is 0 Å². The standard InChI is InChI=1S/C11H11NO2/c1-14-10-6-2-4-8(11(10)13)9-5-3-7-12-9/h2-7,12-13H,1H3. The fraction of sp³-hybridized carbons (Fsp3) is 0.0909. The lowest BCUT2D eigenvalue weighted by Gasteiger charge is -2.06. The summed E-state index contributed by atoms with van der Waals surface area (Å²) in [6.45, 7) is 0. The van der Waals surface area contributed by atoms with E-state index in [-0.39, 0.29) is 5.75 Å². The van der Waals surface area contributed by atoms with Crippen LogP contribution >= 0.6 is 0 Å². The third-order valence-electron chi connectivity index (χ3n) is 2.11. The third kappa shape index (κ3) is 1.33. The zero-order valence-corrected chi connectivity index (χ0v) is 7.82. The average molecular weight is 189 g/mol. The molecule has 2 aromatic rings. The van der Waals surface area contributed by atoms with Crippen LogP contribution < -0.4 is 4.74 Å². The first-order valence-electron chi connectivity index (χ1n) is 4.32. The molecule has 0 aliphatic carbocycles. The topological polar surface area (TPSA) is 45.2 Å². The highest BCUT2D eigenvalue weighted by atomic mass is 16.5. The fourth-order valence-electron chi connectivity index (χ4n) is 1.40. The number of aromatic hydroxyl groups is 1. The van der Waals surface area contributed by atoms with Gasteiger partial charge in [-0.2, -0.15) is 0 Å². The van der Waals surface area contributed by atoms with Crippen LogP contribution in [-0.2, 0) is 0 Å². The second kappa shape index (κ2) is 3.46. The monoisotopic (exact) mass is 189 g/mol. The maximum Gasteiger partial charge on any atom is 0.167 e. The molecule has 0 fully saturated rings. The highest BCUT2D eigenvalue weighted by Gasteiger charge is 2.08. The molecule has 2 rings (SSSR count). The number of hydrogen-bond acceptors (Lipinski definition) is 2. The van der Waals surface area contributed by atoms with E-state index in [1.165, 1.54) is 7.11 Å². The highest BCUT2D eigenvalue weighted by molar-refractivity contribution is 5.70. The van der Waals surface area contributed by atoms with Crippen molar-refractivity contribution in [3.05, 3.63) is 36.5 Å². The maximum atomic E-state index is 9.82. The average Bonchev–Trinajstić information content (AvgIpc) is 2.71. The van der Waals surface area contributed by atoms with E-state index in [0.29, 0.717) is 5.75 Å². The molecule has 0 aliphatic heterocycles. The molecule has 0 amide bonds. The lowest BCUT2D eigenvalue weighted by atomic mass is 10.1. The predicted molar refractivity (Wildman–Crippen MR) is 54.4 cm³/mol. The van der Waals surface area contributed by atoms with Crippen molar-refractivity contribution in [1.82, 2.24) is 4.98 Å². The van der Waals surface area contributed by atoms with Crippen molar-refractivity contribution in [2.45, 2.75) is 0 Å². The van der Waals surface area contributed by atoms with E-state index in [1.807, 2.05) is 30.5 Å². The van der Waals surface area contributed by atoms with Gasteiger partial charge in [-0.3, -0.25) is 0 Å². The van der Waals surface area contributed by atoms with Crippen LogP contribution in [0.5, 0.6) is 11.5 Å². The van der Waals surface area contributed by atoms with Crippen LogP contribution in [0.3, 0.4) is 0 Å². The molecule has 0 radical (unpaired) electrons. The molecule has 2 N–H and O–H groups in total. The van der Waals surface area contributed by atoms with Crippen LogP contribution in [0.2, 0.25) is 0 Å². The number of methoxy groups -OCH3 is 1. The van der Waals surface area contributed by atoms with Crippen molar-refractivity contribution in [3.8, 4) is 22.8 Å². The Morgan fingerprint density at radius 3 is 2.71 bits per heavy atom. The van der Waals surface area contributed by atoms with E-state index in [1.54, 1.807) is 6.07 Å². The molecule has 3 heteroatoms. The van der Waals surface area contributed by atoms with Gasteiger partial charge in [0.1, 0.15) is 0 Å². The van der Waals surface area contributed by atoms with Crippen molar-refractivity contribution in [2.24, 2.45) is 0 Å². The molecular weight excluding hydrogens is 178 g/mol. The number of nitrogens with one attached hydrogen (secondary N) is 1. The summed E-state index contributed by atoms with van der Waals surface area (Å²) in [5, 5.41) is 9.82. The Bertz CT molecular complexity index is 421. The fourth-order valence-corrected chi connectivity index (χ4v) is 1.40. The summed E-state index contributed by atoms with van der Waals surface area (Å²) >= 11 is 0. The predicted octanol–water partition coefficient (Wildman–Crippen LogP) is 2.40. The summed E-state index contributed by atoms with van der Waals surface area (Å²) in [6, 6.07) is 9.18. The molecule has 72 valence electrons. The smallest absolute Gasteiger partial charge is 0.167 e. The number of benzene rings is 1. The summed E-state index contributed by atoms with van der Waals surface area (Å²) in [6.07, 6.45) is 1.81. The van der Waals surface area contributed by atoms with E-state index in [0.717, 1.165) is 11.3 Å². The zero-order chi connectivity index (χ0) is 9.97. The first-order valence-corrected chi connectivity index (χ1v) is 4.32. The molecular formula is C11H11NO2. The minimum absolute atomic E-state index is 0.164. The van der Waals surface area contributed by atoms with Gasteiger partial charge >= 0.3 is 0 Å². The van der Waals surface area contributed by atoms with Gasteiger partial charge in [0.2, 0.25) is 0 Å². The van der Waals surface area contributed by atoms with Gasteiger partial charge in [-0.15, -0.1) is 0 Å².